The number of nitrogens with zero attached hydrogens (tertiary/aromatic N) is 1. The molecular weight excluding hydrogens is 290 g/mol. The predicted octanol–water partition coefficient (Wildman–Crippen LogP) is 2.98. The summed E-state index contributed by atoms with van der Waals surface area (Å²) in [6.07, 6.45) is 0. The van der Waals surface area contributed by atoms with Gasteiger partial charge in [0.1, 0.15) is 11.4 Å². The molecule has 0 spiro atoms. The number of H-pyrrole nitrogens is 1. The molecular formula is C18H15N3O2. The normalized spacial score (nSPS) is 10.3. The standard InChI is InChI=1S/C18H15N3O2/c1-23-15-7-6-14-8-17(21-16(14)9-15)18(22)20-11-13-4-2-12(10-19)3-5-13/h2-9,21H,11H2,1H3,(H,20,22). The third-order valence-corrected chi connectivity index (χ3v) is 3.61. The van der Waals surface area contributed by atoms with E-state index in [0.717, 1.165) is 22.2 Å². The summed E-state index contributed by atoms with van der Waals surface area (Å²) in [6.45, 7) is 0.406. The van der Waals surface area contributed by atoms with Gasteiger partial charge in [0.15, 0.2) is 0 Å². The Kier molecular flexibility index (Phi) is 3.98. The highest BCUT2D eigenvalue weighted by Gasteiger charge is 2.09. The van der Waals surface area contributed by atoms with E-state index in [-0.39, 0.29) is 5.91 Å². The Morgan fingerprint density at radius 3 is 2.70 bits per heavy atom. The lowest BCUT2D eigenvalue weighted by atomic mass is 10.1. The molecule has 0 fully saturated rings. The van der Waals surface area contributed by atoms with E-state index in [9.17, 15) is 4.79 Å². The van der Waals surface area contributed by atoms with Crippen molar-refractivity contribution in [1.82, 2.24) is 10.3 Å². The van der Waals surface area contributed by atoms with Gasteiger partial charge in [-0.2, -0.15) is 5.26 Å². The fourth-order valence-corrected chi connectivity index (χ4v) is 2.33. The Morgan fingerprint density at radius 1 is 1.22 bits per heavy atom. The molecule has 114 valence electrons. The average Bonchev–Trinajstić information content (AvgIpc) is 3.03. The van der Waals surface area contributed by atoms with Crippen LogP contribution in [0.5, 0.6) is 5.75 Å². The van der Waals surface area contributed by atoms with Gasteiger partial charge in [-0.3, -0.25) is 4.79 Å². The molecule has 0 radical (unpaired) electrons. The van der Waals surface area contributed by atoms with E-state index >= 15 is 0 Å². The third-order valence-electron chi connectivity index (χ3n) is 3.61. The fourth-order valence-electron chi connectivity index (χ4n) is 2.33. The van der Waals surface area contributed by atoms with Crippen molar-refractivity contribution in [2.45, 2.75) is 6.54 Å². The minimum atomic E-state index is -0.176. The molecule has 0 atom stereocenters. The van der Waals surface area contributed by atoms with Crippen LogP contribution in [0.25, 0.3) is 10.9 Å². The van der Waals surface area contributed by atoms with Crippen LogP contribution in [0.3, 0.4) is 0 Å². The Bertz CT molecular complexity index is 889. The van der Waals surface area contributed by atoms with Gasteiger partial charge >= 0.3 is 0 Å². The SMILES string of the molecule is COc1ccc2cc(C(=O)NCc3ccc(C#N)cc3)[nH]c2c1. The van der Waals surface area contributed by atoms with Gasteiger partial charge in [0.25, 0.3) is 5.91 Å². The summed E-state index contributed by atoms with van der Waals surface area (Å²) in [6, 6.07) is 16.6. The molecule has 5 heteroatoms. The van der Waals surface area contributed by atoms with E-state index in [4.69, 9.17) is 10.00 Å². The quantitative estimate of drug-likeness (QED) is 0.778. The molecule has 1 amide bonds. The van der Waals surface area contributed by atoms with E-state index in [1.807, 2.05) is 36.4 Å². The van der Waals surface area contributed by atoms with Gasteiger partial charge in [0, 0.05) is 23.5 Å². The molecule has 5 nitrogen and oxygen atoms in total. The van der Waals surface area contributed by atoms with E-state index in [2.05, 4.69) is 16.4 Å². The number of benzene rings is 2. The summed E-state index contributed by atoms with van der Waals surface area (Å²) < 4.78 is 5.17. The van der Waals surface area contributed by atoms with Crippen LogP contribution < -0.4 is 10.1 Å². The van der Waals surface area contributed by atoms with Crippen molar-refractivity contribution < 1.29 is 9.53 Å². The number of nitrogens with one attached hydrogen (secondary N) is 2. The Morgan fingerprint density at radius 2 is 2.00 bits per heavy atom. The Hall–Kier alpha value is -3.26. The van der Waals surface area contributed by atoms with Gasteiger partial charge < -0.3 is 15.0 Å². The Labute approximate surface area is 133 Å². The van der Waals surface area contributed by atoms with E-state index < -0.39 is 0 Å². The minimum Gasteiger partial charge on any atom is -0.497 e. The van der Waals surface area contributed by atoms with Gasteiger partial charge in [-0.1, -0.05) is 12.1 Å². The maximum absolute atomic E-state index is 12.2. The van der Waals surface area contributed by atoms with Gasteiger partial charge in [-0.05, 0) is 35.9 Å². The van der Waals surface area contributed by atoms with Crippen LogP contribution >= 0.6 is 0 Å². The number of carbonyl (C=O) groups excluding carboxylic acids is 1. The molecule has 0 unspecified atom stereocenters. The van der Waals surface area contributed by atoms with Crippen molar-refractivity contribution in [1.29, 1.82) is 5.26 Å². The van der Waals surface area contributed by atoms with Crippen molar-refractivity contribution in [3.63, 3.8) is 0 Å². The van der Waals surface area contributed by atoms with Crippen LogP contribution in [0.1, 0.15) is 21.6 Å². The molecule has 0 bridgehead atoms. The van der Waals surface area contributed by atoms with E-state index in [0.29, 0.717) is 17.8 Å². The number of carbonyl (C=O) groups is 1. The summed E-state index contributed by atoms with van der Waals surface area (Å²) in [5.41, 5.74) is 2.90. The largest absolute Gasteiger partial charge is 0.497 e. The first kappa shape index (κ1) is 14.7. The number of methoxy groups -OCH3 is 1. The summed E-state index contributed by atoms with van der Waals surface area (Å²) in [7, 11) is 1.61. The number of rotatable bonds is 4. The van der Waals surface area contributed by atoms with E-state index in [1.54, 1.807) is 19.2 Å². The summed E-state index contributed by atoms with van der Waals surface area (Å²) in [5, 5.41) is 12.6. The third kappa shape index (κ3) is 3.16. The maximum Gasteiger partial charge on any atom is 0.267 e. The number of hydrogen-bond acceptors (Lipinski definition) is 3. The summed E-state index contributed by atoms with van der Waals surface area (Å²) in [4.78, 5) is 15.3. The van der Waals surface area contributed by atoms with Crippen LogP contribution in [0.4, 0.5) is 0 Å². The topological polar surface area (TPSA) is 77.9 Å². The Balaban J connectivity index is 1.71. The lowest BCUT2D eigenvalue weighted by Gasteiger charge is -2.04. The van der Waals surface area contributed by atoms with Crippen molar-refractivity contribution in [3.05, 3.63) is 65.4 Å². The van der Waals surface area contributed by atoms with Gasteiger partial charge in [-0.15, -0.1) is 0 Å². The van der Waals surface area contributed by atoms with Crippen LogP contribution in [0.15, 0.2) is 48.5 Å². The first-order chi connectivity index (χ1) is 11.2. The average molecular weight is 305 g/mol. The zero-order valence-electron chi connectivity index (χ0n) is 12.6. The highest BCUT2D eigenvalue weighted by Crippen LogP contribution is 2.21. The first-order valence-corrected chi connectivity index (χ1v) is 7.13. The van der Waals surface area contributed by atoms with Crippen molar-refractivity contribution >= 4 is 16.8 Å². The van der Waals surface area contributed by atoms with Crippen LogP contribution in [0.2, 0.25) is 0 Å². The number of hydrogen-bond donors (Lipinski definition) is 2. The predicted molar refractivity (Wildman–Crippen MR) is 87.2 cm³/mol. The number of fused-ring (bicyclic) bond motifs is 1. The second kappa shape index (κ2) is 6.24. The monoisotopic (exact) mass is 305 g/mol. The van der Waals surface area contributed by atoms with Crippen molar-refractivity contribution in [2.24, 2.45) is 0 Å². The van der Waals surface area contributed by atoms with Crippen molar-refractivity contribution in [3.8, 4) is 11.8 Å². The molecule has 23 heavy (non-hydrogen) atoms. The smallest absolute Gasteiger partial charge is 0.267 e. The molecule has 0 saturated heterocycles. The molecule has 2 N–H and O–H groups in total. The number of amides is 1. The zero-order chi connectivity index (χ0) is 16.2. The molecule has 0 aliphatic heterocycles. The lowest BCUT2D eigenvalue weighted by Crippen LogP contribution is -2.23. The molecule has 3 aromatic rings. The van der Waals surface area contributed by atoms with Crippen LogP contribution in [-0.2, 0) is 6.54 Å². The molecule has 1 heterocycles. The van der Waals surface area contributed by atoms with Crippen LogP contribution in [-0.4, -0.2) is 18.0 Å². The number of ether oxygens (including phenoxy) is 1. The van der Waals surface area contributed by atoms with Crippen LogP contribution in [0, 0.1) is 11.3 Å². The summed E-state index contributed by atoms with van der Waals surface area (Å²) >= 11 is 0. The second-order valence-corrected chi connectivity index (χ2v) is 5.13. The maximum atomic E-state index is 12.2. The van der Waals surface area contributed by atoms with E-state index in [1.165, 1.54) is 0 Å². The minimum absolute atomic E-state index is 0.176. The number of aromatic amines is 1. The van der Waals surface area contributed by atoms with Crippen molar-refractivity contribution in [2.75, 3.05) is 7.11 Å². The summed E-state index contributed by atoms with van der Waals surface area (Å²) in [5.74, 6) is 0.563. The second-order valence-electron chi connectivity index (χ2n) is 5.13. The molecule has 3 rings (SSSR count). The zero-order valence-corrected chi connectivity index (χ0v) is 12.6. The number of aromatic nitrogens is 1. The van der Waals surface area contributed by atoms with Gasteiger partial charge in [0.2, 0.25) is 0 Å². The highest BCUT2D eigenvalue weighted by molar-refractivity contribution is 5.98. The van der Waals surface area contributed by atoms with Gasteiger partial charge in [0.05, 0.1) is 18.7 Å². The van der Waals surface area contributed by atoms with Gasteiger partial charge in [-0.25, -0.2) is 0 Å². The molecule has 0 aliphatic carbocycles. The molecule has 1 aromatic heterocycles. The molecule has 0 saturated carbocycles. The molecule has 0 aliphatic rings. The fraction of sp³-hybridized carbons (Fsp3) is 0.111. The first-order valence-electron chi connectivity index (χ1n) is 7.13. The highest BCUT2D eigenvalue weighted by atomic mass is 16.5. The lowest BCUT2D eigenvalue weighted by molar-refractivity contribution is 0.0947. The number of nitriles is 1. The molecule has 2 aromatic carbocycles.